The number of fused-ring (bicyclic) bond motifs is 1. The predicted molar refractivity (Wildman–Crippen MR) is 144 cm³/mol. The van der Waals surface area contributed by atoms with E-state index in [1.54, 1.807) is 34.5 Å². The van der Waals surface area contributed by atoms with Crippen LogP contribution >= 0.6 is 10.3 Å². The zero-order valence-electron chi connectivity index (χ0n) is 22.4. The molecule has 3 rings (SSSR count). The van der Waals surface area contributed by atoms with Crippen molar-refractivity contribution >= 4 is 21.7 Å². The Kier molecular flexibility index (Phi) is 8.00. The first-order valence-electron chi connectivity index (χ1n) is 11.7. The highest BCUT2D eigenvalue weighted by atomic mass is 32.3. The summed E-state index contributed by atoms with van der Waals surface area (Å²) in [5.41, 5.74) is 3.40. The SMILES string of the molecule is CCS(C)(Oc1cc(C2=CC(=O)CCc3cc(OC)c(OC)c(OC)c32)ccc1OC)C(C)(C)C. The minimum absolute atomic E-state index is 0.0277. The Morgan fingerprint density at radius 1 is 0.857 bits per heavy atom. The standard InChI is InChI=1S/C28H38O6S/c1-10-35(9,28(2,3)4)34-23-15-18(12-14-22(23)30-5)21-17-20(29)13-11-19-16-24(31-6)26(32-7)27(33-8)25(19)21/h12,14-17H,10-11,13H2,1-9H3. The number of carbonyl (C=O) groups excluding carboxylic acids is 1. The van der Waals surface area contributed by atoms with E-state index in [9.17, 15) is 4.79 Å². The molecule has 192 valence electrons. The number of hydrogen-bond donors (Lipinski definition) is 0. The molecule has 0 radical (unpaired) electrons. The number of ketones is 1. The number of methoxy groups -OCH3 is 4. The molecule has 0 bridgehead atoms. The van der Waals surface area contributed by atoms with Crippen LogP contribution in [0.5, 0.6) is 28.7 Å². The van der Waals surface area contributed by atoms with Crippen LogP contribution in [0.2, 0.25) is 0 Å². The van der Waals surface area contributed by atoms with E-state index in [1.165, 1.54) is 0 Å². The quantitative estimate of drug-likeness (QED) is 0.427. The van der Waals surface area contributed by atoms with E-state index in [1.807, 2.05) is 24.3 Å². The number of carbonyl (C=O) groups is 1. The first-order valence-corrected chi connectivity index (χ1v) is 13.9. The Labute approximate surface area is 211 Å². The number of allylic oxidation sites excluding steroid dienone is 1. The van der Waals surface area contributed by atoms with Crippen LogP contribution in [0.25, 0.3) is 5.57 Å². The summed E-state index contributed by atoms with van der Waals surface area (Å²) in [6.07, 6.45) is 4.87. The van der Waals surface area contributed by atoms with Crippen LogP contribution in [0.4, 0.5) is 0 Å². The second-order valence-corrected chi connectivity index (χ2v) is 13.5. The van der Waals surface area contributed by atoms with Gasteiger partial charge in [-0.1, -0.05) is 23.3 Å². The molecule has 0 aromatic heterocycles. The largest absolute Gasteiger partial charge is 0.493 e. The molecule has 0 amide bonds. The molecule has 6 nitrogen and oxygen atoms in total. The number of rotatable bonds is 8. The van der Waals surface area contributed by atoms with Crippen LogP contribution < -0.4 is 23.1 Å². The Morgan fingerprint density at radius 2 is 1.51 bits per heavy atom. The Hall–Kier alpha value is -2.80. The van der Waals surface area contributed by atoms with E-state index < -0.39 is 10.3 Å². The van der Waals surface area contributed by atoms with Gasteiger partial charge < -0.3 is 23.1 Å². The van der Waals surface area contributed by atoms with Crippen molar-refractivity contribution in [1.29, 1.82) is 0 Å². The van der Waals surface area contributed by atoms with Gasteiger partial charge in [0.15, 0.2) is 28.8 Å². The highest BCUT2D eigenvalue weighted by Gasteiger charge is 2.34. The first kappa shape index (κ1) is 26.8. The monoisotopic (exact) mass is 502 g/mol. The maximum absolute atomic E-state index is 12.8. The molecule has 7 heteroatoms. The van der Waals surface area contributed by atoms with Crippen molar-refractivity contribution < 1.29 is 27.9 Å². The van der Waals surface area contributed by atoms with Crippen molar-refractivity contribution in [2.75, 3.05) is 40.4 Å². The molecule has 1 atom stereocenters. The van der Waals surface area contributed by atoms with Gasteiger partial charge in [0.1, 0.15) is 0 Å². The van der Waals surface area contributed by atoms with Crippen LogP contribution in [0, 0.1) is 0 Å². The summed E-state index contributed by atoms with van der Waals surface area (Å²) >= 11 is 0. The van der Waals surface area contributed by atoms with Crippen LogP contribution in [-0.2, 0) is 11.2 Å². The fraction of sp³-hybridized carbons (Fsp3) is 0.464. The van der Waals surface area contributed by atoms with Gasteiger partial charge >= 0.3 is 0 Å². The molecule has 0 saturated heterocycles. The Morgan fingerprint density at radius 3 is 2.06 bits per heavy atom. The molecular formula is C28H38O6S. The molecule has 0 saturated carbocycles. The summed E-state index contributed by atoms with van der Waals surface area (Å²) in [5.74, 6) is 3.88. The molecular weight excluding hydrogens is 464 g/mol. The van der Waals surface area contributed by atoms with E-state index in [2.05, 4.69) is 34.0 Å². The van der Waals surface area contributed by atoms with Gasteiger partial charge in [-0.2, -0.15) is 0 Å². The normalized spacial score (nSPS) is 16.3. The average Bonchev–Trinajstić information content (AvgIpc) is 3.00. The highest BCUT2D eigenvalue weighted by molar-refractivity contribution is 8.30. The summed E-state index contributed by atoms with van der Waals surface area (Å²) in [7, 11) is 4.95. The third-order valence-corrected chi connectivity index (χ3v) is 11.0. The zero-order valence-corrected chi connectivity index (χ0v) is 23.2. The minimum Gasteiger partial charge on any atom is -0.493 e. The third kappa shape index (κ3) is 5.10. The van der Waals surface area contributed by atoms with Crippen LogP contribution in [0.1, 0.15) is 50.8 Å². The molecule has 2 aromatic carbocycles. The van der Waals surface area contributed by atoms with Gasteiger partial charge in [0.05, 0.1) is 28.4 Å². The molecule has 1 aliphatic carbocycles. The molecule has 0 aliphatic heterocycles. The van der Waals surface area contributed by atoms with Gasteiger partial charge in [-0.3, -0.25) is 4.79 Å². The van der Waals surface area contributed by atoms with Crippen LogP contribution in [-0.4, -0.2) is 51.0 Å². The molecule has 35 heavy (non-hydrogen) atoms. The van der Waals surface area contributed by atoms with Gasteiger partial charge in [-0.15, -0.1) is 0 Å². The lowest BCUT2D eigenvalue weighted by atomic mass is 9.92. The lowest BCUT2D eigenvalue weighted by Crippen LogP contribution is -2.29. The number of hydrogen-bond acceptors (Lipinski definition) is 6. The van der Waals surface area contributed by atoms with Crippen molar-refractivity contribution in [2.24, 2.45) is 0 Å². The molecule has 0 heterocycles. The van der Waals surface area contributed by atoms with Gasteiger partial charge in [0.2, 0.25) is 5.75 Å². The zero-order chi connectivity index (χ0) is 26.0. The van der Waals surface area contributed by atoms with Crippen molar-refractivity contribution in [2.45, 2.75) is 45.3 Å². The summed E-state index contributed by atoms with van der Waals surface area (Å²) < 4.78 is 29.4. The Balaban J connectivity index is 2.26. The van der Waals surface area contributed by atoms with Gasteiger partial charge in [-0.05, 0) is 74.4 Å². The fourth-order valence-corrected chi connectivity index (χ4v) is 5.98. The lowest BCUT2D eigenvalue weighted by Gasteiger charge is -2.46. The van der Waals surface area contributed by atoms with E-state index in [0.29, 0.717) is 41.6 Å². The highest BCUT2D eigenvalue weighted by Crippen LogP contribution is 2.58. The summed E-state index contributed by atoms with van der Waals surface area (Å²) in [4.78, 5) is 12.8. The molecule has 1 unspecified atom stereocenters. The minimum atomic E-state index is -1.46. The first-order chi connectivity index (χ1) is 16.5. The maximum Gasteiger partial charge on any atom is 0.203 e. The second-order valence-electron chi connectivity index (χ2n) is 9.56. The van der Waals surface area contributed by atoms with Crippen LogP contribution in [0.15, 0.2) is 30.3 Å². The molecule has 0 spiro atoms. The topological polar surface area (TPSA) is 63.2 Å². The van der Waals surface area contributed by atoms with Gasteiger partial charge in [0.25, 0.3) is 0 Å². The second kappa shape index (κ2) is 10.4. The van der Waals surface area contributed by atoms with Crippen molar-refractivity contribution in [3.63, 3.8) is 0 Å². The van der Waals surface area contributed by atoms with Gasteiger partial charge in [0, 0.05) is 22.5 Å². The van der Waals surface area contributed by atoms with E-state index in [-0.39, 0.29) is 10.5 Å². The third-order valence-electron chi connectivity index (χ3n) is 6.72. The van der Waals surface area contributed by atoms with Gasteiger partial charge in [-0.25, -0.2) is 0 Å². The molecule has 1 aliphatic rings. The molecule has 0 fully saturated rings. The summed E-state index contributed by atoms with van der Waals surface area (Å²) in [6, 6.07) is 7.75. The van der Waals surface area contributed by atoms with E-state index in [4.69, 9.17) is 23.1 Å². The molecule has 2 aromatic rings. The molecule has 0 N–H and O–H groups in total. The van der Waals surface area contributed by atoms with Crippen molar-refractivity contribution in [3.8, 4) is 28.7 Å². The van der Waals surface area contributed by atoms with Crippen LogP contribution in [0.3, 0.4) is 0 Å². The number of aryl methyl sites for hydroxylation is 1. The summed E-state index contributed by atoms with van der Waals surface area (Å²) in [5, 5.41) is 0. The maximum atomic E-state index is 12.8. The predicted octanol–water partition coefficient (Wildman–Crippen LogP) is 6.21. The summed E-state index contributed by atoms with van der Waals surface area (Å²) in [6.45, 7) is 8.77. The van der Waals surface area contributed by atoms with Crippen molar-refractivity contribution in [1.82, 2.24) is 0 Å². The fourth-order valence-electron chi connectivity index (χ4n) is 4.21. The average molecular weight is 503 g/mol. The number of ether oxygens (including phenoxy) is 4. The smallest absolute Gasteiger partial charge is 0.203 e. The lowest BCUT2D eigenvalue weighted by molar-refractivity contribution is -0.114. The van der Waals surface area contributed by atoms with E-state index in [0.717, 1.165) is 28.0 Å². The van der Waals surface area contributed by atoms with E-state index >= 15 is 0 Å². The number of benzene rings is 2. The Bertz CT molecular complexity index is 1130. The van der Waals surface area contributed by atoms with Crippen molar-refractivity contribution in [3.05, 3.63) is 47.0 Å².